The number of aromatic nitrogens is 1. The van der Waals surface area contributed by atoms with Crippen LogP contribution in [-0.4, -0.2) is 37.6 Å². The topological polar surface area (TPSA) is 74.5 Å². The summed E-state index contributed by atoms with van der Waals surface area (Å²) in [5, 5.41) is 9.33. The zero-order valence-corrected chi connectivity index (χ0v) is 17.2. The number of nitrogens with one attached hydrogen (secondary N) is 3. The molecule has 0 radical (unpaired) electrons. The van der Waals surface area contributed by atoms with Gasteiger partial charge < -0.3 is 20.4 Å². The summed E-state index contributed by atoms with van der Waals surface area (Å²) in [5.41, 5.74) is -0.755. The number of furan rings is 1. The number of hydrogen-bond acceptors (Lipinski definition) is 4. The number of pyridine rings is 1. The van der Waals surface area contributed by atoms with E-state index >= 15 is 0 Å². The van der Waals surface area contributed by atoms with Crippen LogP contribution in [-0.2, 0) is 12.6 Å². The van der Waals surface area contributed by atoms with Crippen LogP contribution in [0.3, 0.4) is 0 Å². The van der Waals surface area contributed by atoms with Crippen molar-refractivity contribution < 1.29 is 17.6 Å². The van der Waals surface area contributed by atoms with Gasteiger partial charge in [0, 0.05) is 39.3 Å². The van der Waals surface area contributed by atoms with Gasteiger partial charge in [0.25, 0.3) is 0 Å². The lowest BCUT2D eigenvalue weighted by Gasteiger charge is -2.12. The highest BCUT2D eigenvalue weighted by molar-refractivity contribution is 14.0. The molecule has 0 amide bonds. The highest BCUT2D eigenvalue weighted by Gasteiger charge is 2.30. The second kappa shape index (κ2) is 11.7. The second-order valence-electron chi connectivity index (χ2n) is 5.47. The Balaban J connectivity index is 0.00000364. The zero-order chi connectivity index (χ0) is 18.8. The highest BCUT2D eigenvalue weighted by atomic mass is 127. The van der Waals surface area contributed by atoms with Crippen LogP contribution in [0, 0.1) is 0 Å². The van der Waals surface area contributed by atoms with Crippen LogP contribution in [0.15, 0.2) is 46.1 Å². The number of alkyl halides is 3. The second-order valence-corrected chi connectivity index (χ2v) is 5.47. The van der Waals surface area contributed by atoms with E-state index in [0.717, 1.165) is 30.9 Å². The maximum absolute atomic E-state index is 12.5. The largest absolute Gasteiger partial charge is 0.469 e. The molecule has 10 heteroatoms. The Kier molecular flexibility index (Phi) is 9.97. The SMILES string of the molecule is CN=C(NCCCNc1ccc(C(F)(F)F)cn1)NCCc1ccco1.I. The van der Waals surface area contributed by atoms with Crippen molar-refractivity contribution >= 4 is 35.8 Å². The number of halogens is 4. The average Bonchev–Trinajstić information content (AvgIpc) is 3.13. The van der Waals surface area contributed by atoms with Crippen molar-refractivity contribution in [3.8, 4) is 0 Å². The van der Waals surface area contributed by atoms with Crippen LogP contribution >= 0.6 is 24.0 Å². The third kappa shape index (κ3) is 8.50. The van der Waals surface area contributed by atoms with Gasteiger partial charge in [-0.1, -0.05) is 0 Å². The van der Waals surface area contributed by atoms with E-state index in [4.69, 9.17) is 4.42 Å². The fourth-order valence-electron chi connectivity index (χ4n) is 2.16. The van der Waals surface area contributed by atoms with Gasteiger partial charge in [0.15, 0.2) is 5.96 Å². The summed E-state index contributed by atoms with van der Waals surface area (Å²) in [5.74, 6) is 2.00. The Morgan fingerprint density at radius 2 is 1.93 bits per heavy atom. The molecule has 27 heavy (non-hydrogen) atoms. The molecule has 150 valence electrons. The maximum Gasteiger partial charge on any atom is 0.417 e. The molecule has 2 aromatic heterocycles. The van der Waals surface area contributed by atoms with Crippen LogP contribution < -0.4 is 16.0 Å². The van der Waals surface area contributed by atoms with E-state index in [0.29, 0.717) is 31.4 Å². The Labute approximate surface area is 173 Å². The Bertz CT molecular complexity index is 675. The molecule has 0 aliphatic heterocycles. The minimum atomic E-state index is -4.37. The molecule has 2 aromatic rings. The molecule has 0 aliphatic carbocycles. The summed E-state index contributed by atoms with van der Waals surface area (Å²) in [4.78, 5) is 7.88. The van der Waals surface area contributed by atoms with Gasteiger partial charge in [-0.15, -0.1) is 24.0 Å². The molecule has 0 atom stereocenters. The lowest BCUT2D eigenvalue weighted by Crippen LogP contribution is -2.39. The van der Waals surface area contributed by atoms with Crippen molar-refractivity contribution in [1.29, 1.82) is 0 Å². The molecule has 0 fully saturated rings. The van der Waals surface area contributed by atoms with E-state index in [1.807, 2.05) is 12.1 Å². The first-order chi connectivity index (χ1) is 12.5. The zero-order valence-electron chi connectivity index (χ0n) is 14.8. The van der Waals surface area contributed by atoms with Crippen LogP contribution in [0.1, 0.15) is 17.7 Å². The number of anilines is 1. The van der Waals surface area contributed by atoms with Crippen LogP contribution in [0.2, 0.25) is 0 Å². The van der Waals surface area contributed by atoms with Crippen LogP contribution in [0.5, 0.6) is 0 Å². The summed E-state index contributed by atoms with van der Waals surface area (Å²) in [6.45, 7) is 1.93. The van der Waals surface area contributed by atoms with Crippen molar-refractivity contribution in [3.63, 3.8) is 0 Å². The lowest BCUT2D eigenvalue weighted by atomic mass is 10.3. The van der Waals surface area contributed by atoms with E-state index in [1.54, 1.807) is 13.3 Å². The predicted octanol–water partition coefficient (Wildman–Crippen LogP) is 3.52. The average molecular weight is 497 g/mol. The monoisotopic (exact) mass is 497 g/mol. The normalized spacial score (nSPS) is 11.6. The van der Waals surface area contributed by atoms with Crippen LogP contribution in [0.4, 0.5) is 19.0 Å². The van der Waals surface area contributed by atoms with E-state index in [9.17, 15) is 13.2 Å². The number of guanidine groups is 1. The molecule has 6 nitrogen and oxygen atoms in total. The number of aliphatic imine (C=N–C) groups is 1. The van der Waals surface area contributed by atoms with Crippen molar-refractivity contribution in [1.82, 2.24) is 15.6 Å². The van der Waals surface area contributed by atoms with Gasteiger partial charge in [0.1, 0.15) is 11.6 Å². The molecular weight excluding hydrogens is 474 g/mol. The number of nitrogens with zero attached hydrogens (tertiary/aromatic N) is 2. The molecule has 2 rings (SSSR count). The van der Waals surface area contributed by atoms with Gasteiger partial charge >= 0.3 is 6.18 Å². The van der Waals surface area contributed by atoms with E-state index in [-0.39, 0.29) is 24.0 Å². The summed E-state index contributed by atoms with van der Waals surface area (Å²) in [7, 11) is 1.69. The summed E-state index contributed by atoms with van der Waals surface area (Å²) in [6.07, 6.45) is -0.391. The van der Waals surface area contributed by atoms with Gasteiger partial charge in [0.2, 0.25) is 0 Å². The van der Waals surface area contributed by atoms with E-state index < -0.39 is 11.7 Å². The summed E-state index contributed by atoms with van der Waals surface area (Å²) < 4.78 is 42.6. The Morgan fingerprint density at radius 3 is 2.52 bits per heavy atom. The van der Waals surface area contributed by atoms with Gasteiger partial charge in [0.05, 0.1) is 11.8 Å². The highest BCUT2D eigenvalue weighted by Crippen LogP contribution is 2.28. The summed E-state index contributed by atoms with van der Waals surface area (Å²) >= 11 is 0. The fraction of sp³-hybridized carbons (Fsp3) is 0.412. The fourth-order valence-corrected chi connectivity index (χ4v) is 2.16. The van der Waals surface area contributed by atoms with Crippen molar-refractivity contribution in [2.24, 2.45) is 4.99 Å². The van der Waals surface area contributed by atoms with Gasteiger partial charge in [-0.05, 0) is 30.7 Å². The molecule has 0 aromatic carbocycles. The predicted molar refractivity (Wildman–Crippen MR) is 110 cm³/mol. The number of rotatable bonds is 8. The molecule has 0 saturated heterocycles. The van der Waals surface area contributed by atoms with Gasteiger partial charge in [-0.2, -0.15) is 13.2 Å². The molecule has 0 saturated carbocycles. The standard InChI is InChI=1S/C17H22F3N5O.HI/c1-21-16(24-10-7-14-4-2-11-26-14)23-9-3-8-22-15-6-5-13(12-25-15)17(18,19)20;/h2,4-6,11-12H,3,7-10H2,1H3,(H,22,25)(H2,21,23,24);1H. The van der Waals surface area contributed by atoms with Crippen molar-refractivity contribution in [2.75, 3.05) is 32.0 Å². The molecule has 0 aliphatic rings. The quantitative estimate of drug-likeness (QED) is 0.225. The first-order valence-electron chi connectivity index (χ1n) is 8.23. The van der Waals surface area contributed by atoms with Crippen LogP contribution in [0.25, 0.3) is 0 Å². The summed E-state index contributed by atoms with van der Waals surface area (Å²) in [6, 6.07) is 6.10. The third-order valence-electron chi connectivity index (χ3n) is 3.51. The Hall–Kier alpha value is -1.98. The molecule has 2 heterocycles. The smallest absolute Gasteiger partial charge is 0.417 e. The molecule has 3 N–H and O–H groups in total. The van der Waals surface area contributed by atoms with Crippen molar-refractivity contribution in [3.05, 3.63) is 48.0 Å². The molecule has 0 unspecified atom stereocenters. The molecule has 0 spiro atoms. The first kappa shape index (κ1) is 23.1. The minimum Gasteiger partial charge on any atom is -0.469 e. The van der Waals surface area contributed by atoms with Gasteiger partial charge in [-0.25, -0.2) is 4.98 Å². The lowest BCUT2D eigenvalue weighted by molar-refractivity contribution is -0.137. The number of hydrogen-bond donors (Lipinski definition) is 3. The molecule has 0 bridgehead atoms. The maximum atomic E-state index is 12.5. The first-order valence-corrected chi connectivity index (χ1v) is 8.23. The Morgan fingerprint density at radius 1 is 1.15 bits per heavy atom. The molecular formula is C17H23F3IN5O. The third-order valence-corrected chi connectivity index (χ3v) is 3.51. The van der Waals surface area contributed by atoms with Gasteiger partial charge in [-0.3, -0.25) is 4.99 Å². The minimum absolute atomic E-state index is 0. The van der Waals surface area contributed by atoms with E-state index in [1.165, 1.54) is 6.07 Å². The van der Waals surface area contributed by atoms with Crippen molar-refractivity contribution in [2.45, 2.75) is 19.0 Å². The van der Waals surface area contributed by atoms with E-state index in [2.05, 4.69) is 25.9 Å².